The number of benzene rings is 1. The molecule has 2 aromatic rings. The normalized spacial score (nSPS) is 18.4. The van der Waals surface area contributed by atoms with Gasteiger partial charge in [0, 0.05) is 26.2 Å². The Hall–Kier alpha value is -0.970. The van der Waals surface area contributed by atoms with E-state index in [4.69, 9.17) is 4.98 Å². The van der Waals surface area contributed by atoms with Gasteiger partial charge in [0.2, 0.25) is 5.95 Å². The van der Waals surface area contributed by atoms with E-state index in [-0.39, 0.29) is 24.8 Å². The zero-order chi connectivity index (χ0) is 14.8. The minimum absolute atomic E-state index is 0. The smallest absolute Gasteiger partial charge is 0.206 e. The summed E-state index contributed by atoms with van der Waals surface area (Å²) >= 11 is 0. The molecule has 4 nitrogen and oxygen atoms in total. The van der Waals surface area contributed by atoms with Gasteiger partial charge in [-0.2, -0.15) is 0 Å². The first kappa shape index (κ1) is 19.4. The average Bonchev–Trinajstić information content (AvgIpc) is 3.21. The fraction of sp³-hybridized carbons (Fsp3) is 0.611. The molecule has 0 N–H and O–H groups in total. The van der Waals surface area contributed by atoms with Crippen LogP contribution in [-0.2, 0) is 6.54 Å². The first-order valence-corrected chi connectivity index (χ1v) is 8.84. The van der Waals surface area contributed by atoms with E-state index in [0.717, 1.165) is 31.7 Å². The predicted octanol–water partition coefficient (Wildman–Crippen LogP) is 3.97. The Labute approximate surface area is 157 Å². The van der Waals surface area contributed by atoms with Crippen molar-refractivity contribution >= 4 is 41.8 Å². The van der Waals surface area contributed by atoms with Crippen molar-refractivity contribution < 1.29 is 0 Å². The molecular formula is C18H28Cl2N4. The molecule has 1 aromatic carbocycles. The van der Waals surface area contributed by atoms with Crippen LogP contribution in [0.3, 0.4) is 0 Å². The molecule has 3 heterocycles. The van der Waals surface area contributed by atoms with Gasteiger partial charge in [-0.25, -0.2) is 4.98 Å². The summed E-state index contributed by atoms with van der Waals surface area (Å²) in [7, 11) is 0. The number of likely N-dealkylation sites (tertiary alicyclic amines) is 1. The summed E-state index contributed by atoms with van der Waals surface area (Å²) in [6.07, 6.45) is 6.74. The van der Waals surface area contributed by atoms with E-state index in [9.17, 15) is 0 Å². The lowest BCUT2D eigenvalue weighted by Crippen LogP contribution is -2.33. The Bertz CT molecular complexity index is 631. The molecule has 0 spiro atoms. The minimum atomic E-state index is 0. The number of para-hydroxylation sites is 2. The van der Waals surface area contributed by atoms with Gasteiger partial charge in [-0.1, -0.05) is 18.6 Å². The second kappa shape index (κ2) is 8.93. The van der Waals surface area contributed by atoms with E-state index in [0.29, 0.717) is 0 Å². The van der Waals surface area contributed by atoms with Crippen LogP contribution in [0.15, 0.2) is 24.3 Å². The first-order valence-electron chi connectivity index (χ1n) is 8.84. The van der Waals surface area contributed by atoms with Crippen LogP contribution in [0.1, 0.15) is 32.1 Å². The summed E-state index contributed by atoms with van der Waals surface area (Å²) in [4.78, 5) is 10.0. The van der Waals surface area contributed by atoms with Gasteiger partial charge in [0.25, 0.3) is 0 Å². The molecular weight excluding hydrogens is 343 g/mol. The summed E-state index contributed by atoms with van der Waals surface area (Å²) in [5.74, 6) is 1.19. The molecule has 0 saturated carbocycles. The van der Waals surface area contributed by atoms with E-state index < -0.39 is 0 Å². The van der Waals surface area contributed by atoms with E-state index in [1.807, 2.05) is 0 Å². The number of hydrogen-bond acceptors (Lipinski definition) is 3. The molecule has 0 unspecified atom stereocenters. The van der Waals surface area contributed by atoms with Crippen LogP contribution in [0.25, 0.3) is 11.0 Å². The first-order chi connectivity index (χ1) is 10.9. The monoisotopic (exact) mass is 370 g/mol. The second-order valence-corrected chi connectivity index (χ2v) is 6.65. The fourth-order valence-electron chi connectivity index (χ4n) is 3.87. The molecule has 2 fully saturated rings. The summed E-state index contributed by atoms with van der Waals surface area (Å²) in [6, 6.07) is 8.59. The maximum Gasteiger partial charge on any atom is 0.206 e. The topological polar surface area (TPSA) is 24.3 Å². The lowest BCUT2D eigenvalue weighted by molar-refractivity contribution is 0.222. The Morgan fingerprint density at radius 2 is 1.46 bits per heavy atom. The van der Waals surface area contributed by atoms with Crippen molar-refractivity contribution in [2.75, 3.05) is 37.6 Å². The van der Waals surface area contributed by atoms with E-state index in [1.165, 1.54) is 56.7 Å². The number of imidazole rings is 1. The van der Waals surface area contributed by atoms with Crippen molar-refractivity contribution in [3.05, 3.63) is 24.3 Å². The van der Waals surface area contributed by atoms with Crippen molar-refractivity contribution in [1.29, 1.82) is 0 Å². The van der Waals surface area contributed by atoms with Gasteiger partial charge >= 0.3 is 0 Å². The number of piperidine rings is 1. The van der Waals surface area contributed by atoms with Crippen LogP contribution in [0.5, 0.6) is 0 Å². The van der Waals surface area contributed by atoms with E-state index in [1.54, 1.807) is 0 Å². The van der Waals surface area contributed by atoms with E-state index in [2.05, 4.69) is 38.6 Å². The number of fused-ring (bicyclic) bond motifs is 1. The lowest BCUT2D eigenvalue weighted by atomic mass is 10.1. The van der Waals surface area contributed by atoms with Crippen molar-refractivity contribution in [2.24, 2.45) is 0 Å². The highest BCUT2D eigenvalue weighted by atomic mass is 35.5. The zero-order valence-corrected chi connectivity index (χ0v) is 15.8. The van der Waals surface area contributed by atoms with Crippen molar-refractivity contribution in [3.8, 4) is 0 Å². The van der Waals surface area contributed by atoms with Crippen molar-refractivity contribution in [1.82, 2.24) is 14.5 Å². The average molecular weight is 371 g/mol. The van der Waals surface area contributed by atoms with Gasteiger partial charge in [0.15, 0.2) is 0 Å². The molecule has 6 heteroatoms. The van der Waals surface area contributed by atoms with Crippen LogP contribution >= 0.6 is 24.8 Å². The summed E-state index contributed by atoms with van der Waals surface area (Å²) in [5.41, 5.74) is 2.43. The third kappa shape index (κ3) is 3.98. The molecule has 24 heavy (non-hydrogen) atoms. The highest BCUT2D eigenvalue weighted by Crippen LogP contribution is 2.25. The zero-order valence-electron chi connectivity index (χ0n) is 14.2. The molecule has 4 rings (SSSR count). The highest BCUT2D eigenvalue weighted by molar-refractivity contribution is 5.85. The molecule has 0 bridgehead atoms. The predicted molar refractivity (Wildman–Crippen MR) is 106 cm³/mol. The Morgan fingerprint density at radius 3 is 2.21 bits per heavy atom. The van der Waals surface area contributed by atoms with Crippen LogP contribution in [0, 0.1) is 0 Å². The number of anilines is 1. The molecule has 0 aliphatic carbocycles. The number of halogens is 2. The number of nitrogens with zero attached hydrogens (tertiary/aromatic N) is 4. The lowest BCUT2D eigenvalue weighted by Gasteiger charge is -2.27. The Balaban J connectivity index is 0.00000104. The van der Waals surface area contributed by atoms with Crippen LogP contribution in [0.2, 0.25) is 0 Å². The van der Waals surface area contributed by atoms with Crippen molar-refractivity contribution in [3.63, 3.8) is 0 Å². The molecule has 0 radical (unpaired) electrons. The largest absolute Gasteiger partial charge is 0.342 e. The van der Waals surface area contributed by atoms with Crippen LogP contribution < -0.4 is 4.90 Å². The molecule has 0 amide bonds. The van der Waals surface area contributed by atoms with Gasteiger partial charge in [0.05, 0.1) is 11.0 Å². The van der Waals surface area contributed by atoms with Crippen LogP contribution in [-0.4, -0.2) is 47.2 Å². The van der Waals surface area contributed by atoms with Gasteiger partial charge < -0.3 is 14.4 Å². The fourth-order valence-corrected chi connectivity index (χ4v) is 3.87. The standard InChI is InChI=1S/C18H26N4.2ClH/c1-4-10-20(11-5-1)14-15-22-17-9-3-2-8-16(17)19-18(22)21-12-6-7-13-21;;/h2-3,8-9H,1,4-7,10-15H2;2*1H. The van der Waals surface area contributed by atoms with Gasteiger partial charge in [-0.15, -0.1) is 24.8 Å². The number of aromatic nitrogens is 2. The molecule has 0 atom stereocenters. The molecule has 1 aromatic heterocycles. The highest BCUT2D eigenvalue weighted by Gasteiger charge is 2.20. The molecule has 2 aliphatic heterocycles. The minimum Gasteiger partial charge on any atom is -0.342 e. The van der Waals surface area contributed by atoms with Gasteiger partial charge in [-0.05, 0) is 50.9 Å². The molecule has 2 saturated heterocycles. The third-order valence-electron chi connectivity index (χ3n) is 5.11. The quantitative estimate of drug-likeness (QED) is 0.813. The van der Waals surface area contributed by atoms with Crippen molar-refractivity contribution in [2.45, 2.75) is 38.6 Å². The third-order valence-corrected chi connectivity index (χ3v) is 5.11. The summed E-state index contributed by atoms with van der Waals surface area (Å²) < 4.78 is 2.45. The number of hydrogen-bond donors (Lipinski definition) is 0. The SMILES string of the molecule is Cl.Cl.c1ccc2c(c1)nc(N1CCCC1)n2CCN1CCCCC1. The van der Waals surface area contributed by atoms with Gasteiger partial charge in [-0.3, -0.25) is 0 Å². The maximum absolute atomic E-state index is 4.93. The molecule has 2 aliphatic rings. The Morgan fingerprint density at radius 1 is 0.792 bits per heavy atom. The second-order valence-electron chi connectivity index (χ2n) is 6.65. The Kier molecular flexibility index (Phi) is 7.20. The molecule has 134 valence electrons. The summed E-state index contributed by atoms with van der Waals surface area (Å²) in [5, 5.41) is 0. The van der Waals surface area contributed by atoms with Gasteiger partial charge in [0.1, 0.15) is 0 Å². The maximum atomic E-state index is 4.93. The summed E-state index contributed by atoms with van der Waals surface area (Å²) in [6.45, 7) is 7.07. The van der Waals surface area contributed by atoms with Crippen LogP contribution in [0.4, 0.5) is 5.95 Å². The van der Waals surface area contributed by atoms with E-state index >= 15 is 0 Å². The number of rotatable bonds is 4.